The van der Waals surface area contributed by atoms with Crippen molar-refractivity contribution in [2.24, 2.45) is 9.98 Å². The van der Waals surface area contributed by atoms with Gasteiger partial charge in [-0.15, -0.1) is 0 Å². The van der Waals surface area contributed by atoms with Crippen LogP contribution in [0.15, 0.2) is 112 Å². The number of halogens is 1. The van der Waals surface area contributed by atoms with Gasteiger partial charge in [0, 0.05) is 15.7 Å². The summed E-state index contributed by atoms with van der Waals surface area (Å²) in [5.74, 6) is 2.28. The van der Waals surface area contributed by atoms with E-state index in [1.807, 2.05) is 28.9 Å². The van der Waals surface area contributed by atoms with Crippen LogP contribution in [0.4, 0.5) is 22.9 Å². The SMILES string of the molecule is Cc1ccc(NC2=Nc3ccccc3N3C2=Nc2c(c(C)nn2-c2ccccc2)[C@H]3c2ccc(Br)cc2)cc1C. The Balaban J connectivity index is 1.49. The van der Waals surface area contributed by atoms with Gasteiger partial charge < -0.3 is 10.2 Å². The minimum atomic E-state index is -0.152. The van der Waals surface area contributed by atoms with Crippen molar-refractivity contribution in [1.29, 1.82) is 0 Å². The number of para-hydroxylation sites is 3. The number of aliphatic imine (C=N–C) groups is 2. The molecule has 7 heteroatoms. The number of nitrogens with zero attached hydrogens (tertiary/aromatic N) is 5. The van der Waals surface area contributed by atoms with Crippen molar-refractivity contribution in [2.75, 3.05) is 10.2 Å². The van der Waals surface area contributed by atoms with E-state index in [4.69, 9.17) is 15.1 Å². The number of amidine groups is 2. The maximum Gasteiger partial charge on any atom is 0.179 e. The van der Waals surface area contributed by atoms with Gasteiger partial charge >= 0.3 is 0 Å². The molecule has 7 rings (SSSR count). The quantitative estimate of drug-likeness (QED) is 0.231. The highest BCUT2D eigenvalue weighted by Gasteiger charge is 2.41. The smallest absolute Gasteiger partial charge is 0.179 e. The van der Waals surface area contributed by atoms with Crippen molar-refractivity contribution in [1.82, 2.24) is 9.78 Å². The van der Waals surface area contributed by atoms with Gasteiger partial charge in [0.2, 0.25) is 0 Å². The van der Waals surface area contributed by atoms with E-state index in [1.54, 1.807) is 0 Å². The van der Waals surface area contributed by atoms with E-state index < -0.39 is 0 Å². The van der Waals surface area contributed by atoms with Crippen LogP contribution in [0.2, 0.25) is 0 Å². The molecule has 5 aromatic rings. The Kier molecular flexibility index (Phi) is 5.90. The third-order valence-electron chi connectivity index (χ3n) is 7.59. The Morgan fingerprint density at radius 2 is 1.52 bits per heavy atom. The second-order valence-corrected chi connectivity index (χ2v) is 11.1. The zero-order chi connectivity index (χ0) is 27.4. The second-order valence-electron chi connectivity index (χ2n) is 10.2. The third-order valence-corrected chi connectivity index (χ3v) is 8.12. The maximum atomic E-state index is 5.31. The predicted molar refractivity (Wildman–Crippen MR) is 167 cm³/mol. The van der Waals surface area contributed by atoms with Crippen molar-refractivity contribution >= 4 is 50.5 Å². The molecule has 0 unspecified atom stereocenters. The first kappa shape index (κ1) is 24.5. The molecule has 0 spiro atoms. The average molecular weight is 588 g/mol. The normalized spacial score (nSPS) is 15.5. The number of aryl methyl sites for hydroxylation is 3. The fourth-order valence-corrected chi connectivity index (χ4v) is 5.73. The van der Waals surface area contributed by atoms with Crippen LogP contribution in [0.25, 0.3) is 5.69 Å². The van der Waals surface area contributed by atoms with E-state index in [0.29, 0.717) is 5.84 Å². The molecule has 0 bridgehead atoms. The molecule has 2 aliphatic heterocycles. The fourth-order valence-electron chi connectivity index (χ4n) is 5.46. The van der Waals surface area contributed by atoms with Gasteiger partial charge in [0.05, 0.1) is 28.8 Å². The lowest BCUT2D eigenvalue weighted by Gasteiger charge is -2.40. The Hall–Kier alpha value is -4.49. The van der Waals surface area contributed by atoms with Crippen LogP contribution in [-0.4, -0.2) is 21.5 Å². The standard InChI is InChI=1S/C33H27BrN6/c1-20-13-18-25(19-21(20)2)35-31-33-37-32-29(22(3)38-40(32)26-9-5-4-6-10-26)30(23-14-16-24(34)17-15-23)39(33)28-12-8-7-11-27(28)36-31/h4-19,30H,1-3H3,(H,35,36)/t30-/m1/s1. The monoisotopic (exact) mass is 586 g/mol. The van der Waals surface area contributed by atoms with Crippen LogP contribution in [0.5, 0.6) is 0 Å². The largest absolute Gasteiger partial charge is 0.337 e. The Morgan fingerprint density at radius 3 is 2.30 bits per heavy atom. The number of hydrogen-bond donors (Lipinski definition) is 1. The Labute approximate surface area is 241 Å². The zero-order valence-corrected chi connectivity index (χ0v) is 24.0. The van der Waals surface area contributed by atoms with Crippen molar-refractivity contribution in [3.63, 3.8) is 0 Å². The van der Waals surface area contributed by atoms with Crippen LogP contribution in [0.1, 0.15) is 34.0 Å². The first-order valence-electron chi connectivity index (χ1n) is 13.3. The zero-order valence-electron chi connectivity index (χ0n) is 22.4. The van der Waals surface area contributed by atoms with E-state index in [9.17, 15) is 0 Å². The Bertz CT molecular complexity index is 1820. The van der Waals surface area contributed by atoms with E-state index in [1.165, 1.54) is 11.1 Å². The number of rotatable bonds is 3. The lowest BCUT2D eigenvalue weighted by molar-refractivity contribution is 0.815. The van der Waals surface area contributed by atoms with Gasteiger partial charge in [-0.25, -0.2) is 14.7 Å². The molecule has 1 atom stereocenters. The molecule has 0 saturated carbocycles. The number of fused-ring (bicyclic) bond motifs is 4. The van der Waals surface area contributed by atoms with Gasteiger partial charge in [0.1, 0.15) is 0 Å². The highest BCUT2D eigenvalue weighted by molar-refractivity contribution is 9.10. The molecule has 6 nitrogen and oxygen atoms in total. The summed E-state index contributed by atoms with van der Waals surface area (Å²) in [4.78, 5) is 12.7. The van der Waals surface area contributed by atoms with Crippen molar-refractivity contribution in [3.8, 4) is 5.69 Å². The number of hydrogen-bond acceptors (Lipinski definition) is 5. The third kappa shape index (κ3) is 4.05. The summed E-state index contributed by atoms with van der Waals surface area (Å²) in [7, 11) is 0. The molecule has 1 N–H and O–H groups in total. The molecule has 0 aliphatic carbocycles. The first-order chi connectivity index (χ1) is 19.5. The molecular formula is C33H27BrN6. The summed E-state index contributed by atoms with van der Waals surface area (Å²) in [6, 6.07) is 33.2. The molecule has 2 aliphatic rings. The summed E-state index contributed by atoms with van der Waals surface area (Å²) in [5.41, 5.74) is 9.49. The van der Waals surface area contributed by atoms with Crippen molar-refractivity contribution in [3.05, 3.63) is 129 Å². The summed E-state index contributed by atoms with van der Waals surface area (Å²) < 4.78 is 2.99. The number of aromatic nitrogens is 2. The molecule has 0 amide bonds. The highest BCUT2D eigenvalue weighted by Crippen LogP contribution is 2.48. The van der Waals surface area contributed by atoms with Crippen LogP contribution in [0, 0.1) is 20.8 Å². The van der Waals surface area contributed by atoms with Crippen molar-refractivity contribution in [2.45, 2.75) is 26.8 Å². The van der Waals surface area contributed by atoms with Crippen LogP contribution >= 0.6 is 15.9 Å². The molecule has 196 valence electrons. The molecule has 0 saturated heterocycles. The van der Waals surface area contributed by atoms with Gasteiger partial charge in [-0.3, -0.25) is 0 Å². The summed E-state index contributed by atoms with van der Waals surface area (Å²) in [6.07, 6.45) is 0. The lowest BCUT2D eigenvalue weighted by atomic mass is 9.93. The first-order valence-corrected chi connectivity index (χ1v) is 14.1. The van der Waals surface area contributed by atoms with E-state index in [-0.39, 0.29) is 6.04 Å². The summed E-state index contributed by atoms with van der Waals surface area (Å²) >= 11 is 3.62. The lowest BCUT2D eigenvalue weighted by Crippen LogP contribution is -2.46. The van der Waals surface area contributed by atoms with Gasteiger partial charge in [-0.2, -0.15) is 5.10 Å². The molecule has 4 aromatic carbocycles. The number of anilines is 2. The Morgan fingerprint density at radius 1 is 0.775 bits per heavy atom. The average Bonchev–Trinajstić information content (AvgIpc) is 3.31. The topological polar surface area (TPSA) is 57.8 Å². The van der Waals surface area contributed by atoms with Gasteiger partial charge in [0.15, 0.2) is 17.5 Å². The minimum absolute atomic E-state index is 0.152. The van der Waals surface area contributed by atoms with E-state index in [2.05, 4.69) is 120 Å². The summed E-state index contributed by atoms with van der Waals surface area (Å²) in [6.45, 7) is 6.32. The summed E-state index contributed by atoms with van der Waals surface area (Å²) in [5, 5.41) is 8.62. The minimum Gasteiger partial charge on any atom is -0.337 e. The van der Waals surface area contributed by atoms with E-state index >= 15 is 0 Å². The second kappa shape index (κ2) is 9.61. The highest BCUT2D eigenvalue weighted by atomic mass is 79.9. The van der Waals surface area contributed by atoms with Gasteiger partial charge in [-0.05, 0) is 86.0 Å². The molecule has 3 heterocycles. The van der Waals surface area contributed by atoms with Crippen LogP contribution in [-0.2, 0) is 0 Å². The van der Waals surface area contributed by atoms with E-state index in [0.717, 1.165) is 55.7 Å². The number of nitrogens with one attached hydrogen (secondary N) is 1. The molecule has 0 fully saturated rings. The maximum absolute atomic E-state index is 5.31. The van der Waals surface area contributed by atoms with Crippen LogP contribution < -0.4 is 10.2 Å². The van der Waals surface area contributed by atoms with Gasteiger partial charge in [0.25, 0.3) is 0 Å². The van der Waals surface area contributed by atoms with Crippen LogP contribution in [0.3, 0.4) is 0 Å². The predicted octanol–water partition coefficient (Wildman–Crippen LogP) is 8.36. The molecular weight excluding hydrogens is 560 g/mol. The molecule has 40 heavy (non-hydrogen) atoms. The molecule has 0 radical (unpaired) electrons. The molecule has 1 aromatic heterocycles. The number of benzene rings is 4. The van der Waals surface area contributed by atoms with Crippen molar-refractivity contribution < 1.29 is 0 Å². The fraction of sp³-hybridized carbons (Fsp3) is 0.121. The van der Waals surface area contributed by atoms with Gasteiger partial charge in [-0.1, -0.05) is 64.5 Å².